The summed E-state index contributed by atoms with van der Waals surface area (Å²) in [6, 6.07) is 0.315. The van der Waals surface area contributed by atoms with E-state index in [1.807, 2.05) is 13.8 Å². The van der Waals surface area contributed by atoms with E-state index in [-0.39, 0.29) is 0 Å². The maximum absolute atomic E-state index is 5.73. The first-order valence-corrected chi connectivity index (χ1v) is 6.18. The average Bonchev–Trinajstić information content (AvgIpc) is 2.68. The van der Waals surface area contributed by atoms with Gasteiger partial charge in [0.25, 0.3) is 0 Å². The largest absolute Gasteiger partial charge is 0.379 e. The Morgan fingerprint density at radius 1 is 1.35 bits per heavy atom. The number of hydrogen-bond donors (Lipinski definition) is 1. The van der Waals surface area contributed by atoms with Gasteiger partial charge < -0.3 is 15.0 Å². The Hall–Kier alpha value is -0.910. The fourth-order valence-corrected chi connectivity index (χ4v) is 2.52. The topological polar surface area (TPSA) is 64.5 Å². The summed E-state index contributed by atoms with van der Waals surface area (Å²) in [6.07, 6.45) is 0.933. The molecule has 1 unspecified atom stereocenters. The number of morpholine rings is 1. The van der Waals surface area contributed by atoms with Gasteiger partial charge in [-0.2, -0.15) is 0 Å². The second-order valence-electron chi connectivity index (χ2n) is 4.48. The van der Waals surface area contributed by atoms with E-state index in [1.54, 1.807) is 0 Å². The molecule has 5 heteroatoms. The number of rotatable bonds is 4. The predicted molar refractivity (Wildman–Crippen MR) is 64.8 cm³/mol. The van der Waals surface area contributed by atoms with Crippen molar-refractivity contribution in [1.29, 1.82) is 0 Å². The quantitative estimate of drug-likeness (QED) is 0.849. The summed E-state index contributed by atoms with van der Waals surface area (Å²) in [5, 5.41) is 4.04. The van der Waals surface area contributed by atoms with Gasteiger partial charge in [-0.25, -0.2) is 0 Å². The molecule has 96 valence electrons. The van der Waals surface area contributed by atoms with Crippen LogP contribution in [0, 0.1) is 13.8 Å². The molecule has 1 fully saturated rings. The fourth-order valence-electron chi connectivity index (χ4n) is 2.52. The number of aryl methyl sites for hydroxylation is 2. The van der Waals surface area contributed by atoms with Crippen molar-refractivity contribution in [3.63, 3.8) is 0 Å². The molecule has 1 aliphatic rings. The maximum Gasteiger partial charge on any atom is 0.138 e. The van der Waals surface area contributed by atoms with E-state index in [0.29, 0.717) is 12.6 Å². The second-order valence-corrected chi connectivity index (χ2v) is 4.48. The Morgan fingerprint density at radius 2 is 2.06 bits per heavy atom. The molecule has 0 saturated carbocycles. The average molecular weight is 239 g/mol. The summed E-state index contributed by atoms with van der Waals surface area (Å²) >= 11 is 0. The Balaban J connectivity index is 2.21. The zero-order chi connectivity index (χ0) is 12.3. The van der Waals surface area contributed by atoms with Crippen molar-refractivity contribution in [2.24, 2.45) is 5.73 Å². The molecule has 0 aliphatic carbocycles. The maximum atomic E-state index is 5.73. The highest BCUT2D eigenvalue weighted by Gasteiger charge is 2.27. The first kappa shape index (κ1) is 12.5. The van der Waals surface area contributed by atoms with E-state index in [1.165, 1.54) is 5.56 Å². The van der Waals surface area contributed by atoms with Crippen LogP contribution in [0.4, 0.5) is 0 Å². The van der Waals surface area contributed by atoms with Gasteiger partial charge in [-0.3, -0.25) is 4.90 Å². The van der Waals surface area contributed by atoms with E-state index >= 15 is 0 Å². The van der Waals surface area contributed by atoms with Gasteiger partial charge in [0.1, 0.15) is 5.76 Å². The Morgan fingerprint density at radius 3 is 2.59 bits per heavy atom. The van der Waals surface area contributed by atoms with Crippen LogP contribution < -0.4 is 5.73 Å². The van der Waals surface area contributed by atoms with Gasteiger partial charge in [0, 0.05) is 24.7 Å². The molecule has 17 heavy (non-hydrogen) atoms. The lowest BCUT2D eigenvalue weighted by molar-refractivity contribution is 0.0143. The van der Waals surface area contributed by atoms with Gasteiger partial charge in [-0.1, -0.05) is 5.16 Å². The number of nitrogens with two attached hydrogens (primary N) is 1. The molecule has 2 rings (SSSR count). The number of ether oxygens (including phenoxy) is 1. The predicted octanol–water partition coefficient (Wildman–Crippen LogP) is 1.01. The van der Waals surface area contributed by atoms with Crippen LogP contribution in [0.25, 0.3) is 0 Å². The van der Waals surface area contributed by atoms with Gasteiger partial charge >= 0.3 is 0 Å². The molecule has 1 saturated heterocycles. The highest BCUT2D eigenvalue weighted by atomic mass is 16.5. The molecule has 2 N–H and O–H groups in total. The molecule has 2 heterocycles. The summed E-state index contributed by atoms with van der Waals surface area (Å²) in [4.78, 5) is 2.42. The number of hydrogen-bond acceptors (Lipinski definition) is 5. The van der Waals surface area contributed by atoms with Crippen LogP contribution in [0.3, 0.4) is 0 Å². The van der Waals surface area contributed by atoms with Gasteiger partial charge in [-0.05, 0) is 26.8 Å². The Bertz CT molecular complexity index is 339. The van der Waals surface area contributed by atoms with E-state index in [9.17, 15) is 0 Å². The molecule has 1 atom stereocenters. The Labute approximate surface area is 102 Å². The first-order chi connectivity index (χ1) is 8.24. The monoisotopic (exact) mass is 239 g/mol. The van der Waals surface area contributed by atoms with Crippen LogP contribution in [0.15, 0.2) is 4.52 Å². The third-order valence-corrected chi connectivity index (χ3v) is 3.35. The zero-order valence-electron chi connectivity index (χ0n) is 10.6. The zero-order valence-corrected chi connectivity index (χ0v) is 10.6. The van der Waals surface area contributed by atoms with Crippen molar-refractivity contribution in [2.45, 2.75) is 26.3 Å². The van der Waals surface area contributed by atoms with E-state index in [2.05, 4.69) is 10.1 Å². The van der Waals surface area contributed by atoms with E-state index in [0.717, 1.165) is 44.2 Å². The molecular weight excluding hydrogens is 218 g/mol. The fraction of sp³-hybridized carbons (Fsp3) is 0.750. The molecule has 1 aromatic heterocycles. The summed E-state index contributed by atoms with van der Waals surface area (Å²) in [6.45, 7) is 8.14. The lowest BCUT2D eigenvalue weighted by Crippen LogP contribution is -2.40. The van der Waals surface area contributed by atoms with Crippen LogP contribution in [-0.4, -0.2) is 42.9 Å². The van der Waals surface area contributed by atoms with Gasteiger partial charge in [0.2, 0.25) is 0 Å². The minimum Gasteiger partial charge on any atom is -0.379 e. The van der Waals surface area contributed by atoms with Crippen LogP contribution in [0.2, 0.25) is 0 Å². The minimum atomic E-state index is 0.315. The van der Waals surface area contributed by atoms with Crippen LogP contribution in [-0.2, 0) is 4.74 Å². The number of aromatic nitrogens is 1. The highest BCUT2D eigenvalue weighted by molar-refractivity contribution is 5.25. The summed E-state index contributed by atoms with van der Waals surface area (Å²) in [5.41, 5.74) is 7.92. The van der Waals surface area contributed by atoms with Crippen molar-refractivity contribution in [3.8, 4) is 0 Å². The highest BCUT2D eigenvalue weighted by Crippen LogP contribution is 2.29. The van der Waals surface area contributed by atoms with Crippen molar-refractivity contribution < 1.29 is 9.26 Å². The molecule has 0 bridgehead atoms. The summed E-state index contributed by atoms with van der Waals surface area (Å²) < 4.78 is 10.7. The van der Waals surface area contributed by atoms with Crippen LogP contribution in [0.1, 0.15) is 29.5 Å². The van der Waals surface area contributed by atoms with Crippen LogP contribution in [0.5, 0.6) is 0 Å². The SMILES string of the molecule is Cc1noc(C)c1C(CCN)N1CCOCC1. The van der Waals surface area contributed by atoms with Gasteiger partial charge in [0.15, 0.2) is 0 Å². The van der Waals surface area contributed by atoms with Gasteiger partial charge in [-0.15, -0.1) is 0 Å². The molecule has 0 amide bonds. The molecular formula is C12H21N3O2. The van der Waals surface area contributed by atoms with E-state index in [4.69, 9.17) is 15.0 Å². The second kappa shape index (κ2) is 5.62. The molecule has 0 aromatic carbocycles. The molecule has 1 aromatic rings. The first-order valence-electron chi connectivity index (χ1n) is 6.18. The lowest BCUT2D eigenvalue weighted by Gasteiger charge is -2.34. The lowest BCUT2D eigenvalue weighted by atomic mass is 10.00. The molecule has 0 spiro atoms. The summed E-state index contributed by atoms with van der Waals surface area (Å²) in [5.74, 6) is 0.910. The molecule has 5 nitrogen and oxygen atoms in total. The molecule has 1 aliphatic heterocycles. The third kappa shape index (κ3) is 2.68. The van der Waals surface area contributed by atoms with Gasteiger partial charge in [0.05, 0.1) is 18.9 Å². The van der Waals surface area contributed by atoms with E-state index < -0.39 is 0 Å². The van der Waals surface area contributed by atoms with Crippen molar-refractivity contribution in [2.75, 3.05) is 32.8 Å². The Kier molecular flexibility index (Phi) is 4.15. The van der Waals surface area contributed by atoms with Crippen LogP contribution >= 0.6 is 0 Å². The van der Waals surface area contributed by atoms with Crippen molar-refractivity contribution in [1.82, 2.24) is 10.1 Å². The molecule has 0 radical (unpaired) electrons. The summed E-state index contributed by atoms with van der Waals surface area (Å²) in [7, 11) is 0. The third-order valence-electron chi connectivity index (χ3n) is 3.35. The normalized spacial score (nSPS) is 19.5. The standard InChI is InChI=1S/C12H21N3O2/c1-9-12(10(2)17-14-9)11(3-4-13)15-5-7-16-8-6-15/h11H,3-8,13H2,1-2H3. The van der Waals surface area contributed by atoms with Crippen molar-refractivity contribution in [3.05, 3.63) is 17.0 Å². The number of nitrogens with zero attached hydrogens (tertiary/aromatic N) is 2. The smallest absolute Gasteiger partial charge is 0.138 e. The van der Waals surface area contributed by atoms with Crippen molar-refractivity contribution >= 4 is 0 Å². The minimum absolute atomic E-state index is 0.315.